The summed E-state index contributed by atoms with van der Waals surface area (Å²) < 4.78 is 15.0. The summed E-state index contributed by atoms with van der Waals surface area (Å²) in [6, 6.07) is 4.89. The van der Waals surface area contributed by atoms with Gasteiger partial charge in [0.2, 0.25) is 0 Å². The molecule has 84 valence electrons. The van der Waals surface area contributed by atoms with E-state index < -0.39 is 0 Å². The van der Waals surface area contributed by atoms with Gasteiger partial charge in [-0.3, -0.25) is 0 Å². The lowest BCUT2D eigenvalue weighted by atomic mass is 10.1. The van der Waals surface area contributed by atoms with Crippen molar-refractivity contribution in [3.05, 3.63) is 24.0 Å². The van der Waals surface area contributed by atoms with Gasteiger partial charge in [0.25, 0.3) is 0 Å². The summed E-state index contributed by atoms with van der Waals surface area (Å²) in [7, 11) is 0. The van der Waals surface area contributed by atoms with Gasteiger partial charge in [-0.1, -0.05) is 0 Å². The predicted octanol–water partition coefficient (Wildman–Crippen LogP) is 1.49. The molecule has 2 heterocycles. The maximum Gasteiger partial charge on any atom is 0.132 e. The number of nitrogens with zero attached hydrogens (tertiary/aromatic N) is 2. The number of hydrogen-bond donors (Lipinski definition) is 2. The van der Waals surface area contributed by atoms with Crippen molar-refractivity contribution in [3.63, 3.8) is 0 Å². The number of anilines is 1. The van der Waals surface area contributed by atoms with Gasteiger partial charge in [0.15, 0.2) is 0 Å². The molecule has 0 spiro atoms. The first-order valence-electron chi connectivity index (χ1n) is 5.41. The Morgan fingerprint density at radius 2 is 2.44 bits per heavy atom. The molecule has 4 nitrogen and oxygen atoms in total. The Labute approximate surface area is 92.2 Å². The van der Waals surface area contributed by atoms with Crippen LogP contribution < -0.4 is 11.1 Å². The predicted molar refractivity (Wildman–Crippen MR) is 60.9 cm³/mol. The van der Waals surface area contributed by atoms with Crippen LogP contribution in [0.3, 0.4) is 0 Å². The van der Waals surface area contributed by atoms with Crippen LogP contribution in [0.4, 0.5) is 10.2 Å². The van der Waals surface area contributed by atoms with Gasteiger partial charge >= 0.3 is 0 Å². The quantitative estimate of drug-likeness (QED) is 0.765. The Bertz CT molecular complexity index is 534. The van der Waals surface area contributed by atoms with Gasteiger partial charge < -0.3 is 11.1 Å². The van der Waals surface area contributed by atoms with Crippen molar-refractivity contribution < 1.29 is 4.39 Å². The second-order valence-electron chi connectivity index (χ2n) is 4.06. The van der Waals surface area contributed by atoms with Gasteiger partial charge in [0, 0.05) is 24.5 Å². The van der Waals surface area contributed by atoms with Gasteiger partial charge in [0.05, 0.1) is 11.6 Å². The van der Waals surface area contributed by atoms with Crippen LogP contribution in [-0.4, -0.2) is 22.9 Å². The molecule has 0 radical (unpaired) electrons. The normalized spacial score (nSPS) is 19.5. The first kappa shape index (κ1) is 9.59. The molecule has 2 aromatic rings. The van der Waals surface area contributed by atoms with Crippen LogP contribution in [-0.2, 0) is 0 Å². The minimum atomic E-state index is -0.257. The molecule has 5 heteroatoms. The Morgan fingerprint density at radius 3 is 3.25 bits per heavy atom. The number of fused-ring (bicyclic) bond motifs is 3. The lowest BCUT2D eigenvalue weighted by Gasteiger charge is -2.24. The topological polar surface area (TPSA) is 55.9 Å². The van der Waals surface area contributed by atoms with E-state index in [9.17, 15) is 4.39 Å². The van der Waals surface area contributed by atoms with Crippen molar-refractivity contribution in [2.24, 2.45) is 5.73 Å². The lowest BCUT2D eigenvalue weighted by molar-refractivity contribution is 0.431. The van der Waals surface area contributed by atoms with Gasteiger partial charge in [-0.25, -0.2) is 9.07 Å². The SMILES string of the molecule is NCC1CCNc2c3ccc(F)cc3nn21. The molecule has 1 unspecified atom stereocenters. The van der Waals surface area contributed by atoms with E-state index in [0.29, 0.717) is 12.1 Å². The van der Waals surface area contributed by atoms with Crippen LogP contribution in [0.25, 0.3) is 10.9 Å². The van der Waals surface area contributed by atoms with E-state index in [0.717, 1.165) is 24.2 Å². The Kier molecular flexibility index (Phi) is 2.07. The Hall–Kier alpha value is -1.62. The maximum atomic E-state index is 13.1. The lowest BCUT2D eigenvalue weighted by Crippen LogP contribution is -2.28. The highest BCUT2D eigenvalue weighted by atomic mass is 19.1. The van der Waals surface area contributed by atoms with Gasteiger partial charge in [-0.15, -0.1) is 0 Å². The molecule has 0 amide bonds. The second kappa shape index (κ2) is 3.45. The van der Waals surface area contributed by atoms with E-state index in [1.165, 1.54) is 12.1 Å². The molecular weight excluding hydrogens is 207 g/mol. The molecule has 1 atom stereocenters. The number of nitrogens with two attached hydrogens (primary N) is 1. The fourth-order valence-electron chi connectivity index (χ4n) is 2.21. The molecule has 1 aliphatic rings. The highest BCUT2D eigenvalue weighted by Crippen LogP contribution is 2.30. The van der Waals surface area contributed by atoms with E-state index >= 15 is 0 Å². The Morgan fingerprint density at radius 1 is 1.56 bits per heavy atom. The van der Waals surface area contributed by atoms with E-state index in [-0.39, 0.29) is 11.9 Å². The Balaban J connectivity index is 2.24. The summed E-state index contributed by atoms with van der Waals surface area (Å²) in [6.07, 6.45) is 0.958. The van der Waals surface area contributed by atoms with Gasteiger partial charge in [0.1, 0.15) is 11.6 Å². The van der Waals surface area contributed by atoms with Crippen molar-refractivity contribution in [2.45, 2.75) is 12.5 Å². The van der Waals surface area contributed by atoms with Crippen LogP contribution in [0.2, 0.25) is 0 Å². The second-order valence-corrected chi connectivity index (χ2v) is 4.06. The monoisotopic (exact) mass is 220 g/mol. The molecule has 1 aromatic heterocycles. The van der Waals surface area contributed by atoms with Crippen molar-refractivity contribution >= 4 is 16.7 Å². The zero-order valence-electron chi connectivity index (χ0n) is 8.78. The molecule has 16 heavy (non-hydrogen) atoms. The highest BCUT2D eigenvalue weighted by Gasteiger charge is 2.21. The summed E-state index contributed by atoms with van der Waals surface area (Å²) in [5.74, 6) is 0.698. The van der Waals surface area contributed by atoms with E-state index in [2.05, 4.69) is 10.4 Å². The summed E-state index contributed by atoms with van der Waals surface area (Å²) in [4.78, 5) is 0. The number of aromatic nitrogens is 2. The van der Waals surface area contributed by atoms with E-state index in [4.69, 9.17) is 5.73 Å². The van der Waals surface area contributed by atoms with Gasteiger partial charge in [-0.05, 0) is 18.6 Å². The van der Waals surface area contributed by atoms with E-state index in [1.807, 2.05) is 4.68 Å². The standard InChI is InChI=1S/C11H13FN4/c12-7-1-2-9-10(5-7)15-16-8(6-13)3-4-14-11(9)16/h1-2,5,8,14H,3-4,6,13H2. The average molecular weight is 220 g/mol. The smallest absolute Gasteiger partial charge is 0.132 e. The summed E-state index contributed by atoms with van der Waals surface area (Å²) >= 11 is 0. The molecule has 0 saturated carbocycles. The first-order chi connectivity index (χ1) is 7.79. The zero-order valence-corrected chi connectivity index (χ0v) is 8.78. The molecule has 1 aliphatic heterocycles. The first-order valence-corrected chi connectivity index (χ1v) is 5.41. The largest absolute Gasteiger partial charge is 0.370 e. The minimum absolute atomic E-state index is 0.215. The summed E-state index contributed by atoms with van der Waals surface area (Å²) in [5.41, 5.74) is 6.39. The van der Waals surface area contributed by atoms with Crippen LogP contribution in [0.5, 0.6) is 0 Å². The molecule has 3 N–H and O–H groups in total. The fourth-order valence-corrected chi connectivity index (χ4v) is 2.21. The number of rotatable bonds is 1. The van der Waals surface area contributed by atoms with Crippen molar-refractivity contribution in [1.29, 1.82) is 0 Å². The molecule has 1 aromatic carbocycles. The van der Waals surface area contributed by atoms with Crippen LogP contribution in [0.1, 0.15) is 12.5 Å². The molecule has 0 fully saturated rings. The van der Waals surface area contributed by atoms with Crippen LogP contribution in [0, 0.1) is 5.82 Å². The average Bonchev–Trinajstić information content (AvgIpc) is 2.65. The summed E-state index contributed by atoms with van der Waals surface area (Å²) in [6.45, 7) is 1.45. The fraction of sp³-hybridized carbons (Fsp3) is 0.364. The number of benzene rings is 1. The third-order valence-corrected chi connectivity index (χ3v) is 3.05. The molecule has 0 aliphatic carbocycles. The number of nitrogens with one attached hydrogen (secondary N) is 1. The van der Waals surface area contributed by atoms with Crippen molar-refractivity contribution in [2.75, 3.05) is 18.4 Å². The third kappa shape index (κ3) is 1.28. The number of halogens is 1. The zero-order chi connectivity index (χ0) is 11.1. The number of hydrogen-bond acceptors (Lipinski definition) is 3. The molecular formula is C11H13FN4. The van der Waals surface area contributed by atoms with Gasteiger partial charge in [-0.2, -0.15) is 5.10 Å². The molecule has 0 saturated heterocycles. The van der Waals surface area contributed by atoms with Crippen molar-refractivity contribution in [3.8, 4) is 0 Å². The maximum absolute atomic E-state index is 13.1. The van der Waals surface area contributed by atoms with E-state index in [1.54, 1.807) is 6.07 Å². The molecule has 3 rings (SSSR count). The minimum Gasteiger partial charge on any atom is -0.370 e. The van der Waals surface area contributed by atoms with Crippen LogP contribution in [0.15, 0.2) is 18.2 Å². The highest BCUT2D eigenvalue weighted by molar-refractivity contribution is 5.90. The summed E-state index contributed by atoms with van der Waals surface area (Å²) in [5, 5.41) is 8.65. The third-order valence-electron chi connectivity index (χ3n) is 3.05. The van der Waals surface area contributed by atoms with Crippen molar-refractivity contribution in [1.82, 2.24) is 9.78 Å². The molecule has 0 bridgehead atoms. The van der Waals surface area contributed by atoms with Crippen LogP contribution >= 0.6 is 0 Å².